The minimum atomic E-state index is -0.499. The summed E-state index contributed by atoms with van der Waals surface area (Å²) in [5.41, 5.74) is 2.11. The van der Waals surface area contributed by atoms with E-state index in [2.05, 4.69) is 20.9 Å². The van der Waals surface area contributed by atoms with Crippen LogP contribution in [-0.2, 0) is 16.0 Å². The van der Waals surface area contributed by atoms with Crippen LogP contribution in [0.5, 0.6) is 11.5 Å². The zero-order valence-corrected chi connectivity index (χ0v) is 16.4. The normalized spacial score (nSPS) is 21.5. The van der Waals surface area contributed by atoms with Crippen LogP contribution >= 0.6 is 15.9 Å². The lowest BCUT2D eigenvalue weighted by molar-refractivity contribution is -0.132. The maximum atomic E-state index is 12.1. The van der Waals surface area contributed by atoms with Crippen LogP contribution in [0.4, 0.5) is 0 Å². The van der Waals surface area contributed by atoms with Gasteiger partial charge in [0.2, 0.25) is 5.39 Å². The summed E-state index contributed by atoms with van der Waals surface area (Å²) in [6.07, 6.45) is 3.86. The molecule has 0 unspecified atom stereocenters. The monoisotopic (exact) mass is 433 g/mol. The molecule has 0 spiro atoms. The lowest BCUT2D eigenvalue weighted by atomic mass is 9.67. The number of rotatable bonds is 3. The Labute approximate surface area is 164 Å². The third kappa shape index (κ3) is 3.47. The first-order valence-corrected chi connectivity index (χ1v) is 9.22. The van der Waals surface area contributed by atoms with Crippen LogP contribution in [0.25, 0.3) is 10.5 Å². The number of allylic oxidation sites excluding steroid dienone is 3. The number of carbonyl (C=O) groups excluding carboxylic acids is 2. The molecule has 0 saturated heterocycles. The number of esters is 1. The van der Waals surface area contributed by atoms with E-state index in [0.29, 0.717) is 40.6 Å². The topological polar surface area (TPSA) is 101 Å². The number of ether oxygens (including phenoxy) is 2. The van der Waals surface area contributed by atoms with Crippen molar-refractivity contribution in [2.45, 2.75) is 26.2 Å². The number of hydrogen-bond acceptors (Lipinski definition) is 6. The third-order valence-electron chi connectivity index (χ3n) is 4.95. The van der Waals surface area contributed by atoms with Gasteiger partial charge in [-0.15, -0.1) is 0 Å². The molecule has 0 heterocycles. The summed E-state index contributed by atoms with van der Waals surface area (Å²) in [7, 11) is 1.47. The minimum Gasteiger partial charge on any atom is -0.505 e. The Bertz CT molecular complexity index is 929. The number of diazo groups is 1. The van der Waals surface area contributed by atoms with E-state index >= 15 is 0 Å². The maximum absolute atomic E-state index is 12.1. The van der Waals surface area contributed by atoms with Crippen molar-refractivity contribution in [3.8, 4) is 11.5 Å². The Morgan fingerprint density at radius 2 is 2.22 bits per heavy atom. The van der Waals surface area contributed by atoms with Gasteiger partial charge in [-0.1, -0.05) is 15.9 Å². The van der Waals surface area contributed by atoms with Crippen molar-refractivity contribution < 1.29 is 24.2 Å². The molecule has 8 heteroatoms. The first-order chi connectivity index (χ1) is 12.9. The Morgan fingerprint density at radius 1 is 1.48 bits per heavy atom. The second kappa shape index (κ2) is 7.53. The highest BCUT2D eigenvalue weighted by molar-refractivity contribution is 9.10. The van der Waals surface area contributed by atoms with E-state index in [1.807, 2.05) is 0 Å². The molecule has 0 amide bonds. The molecule has 1 N–H and O–H groups in total. The van der Waals surface area contributed by atoms with Crippen molar-refractivity contribution in [3.63, 3.8) is 0 Å². The number of benzene rings is 1. The van der Waals surface area contributed by atoms with Crippen molar-refractivity contribution in [2.75, 3.05) is 7.11 Å². The molecule has 0 fully saturated rings. The molecule has 27 heavy (non-hydrogen) atoms. The number of fused-ring (bicyclic) bond motifs is 3. The summed E-state index contributed by atoms with van der Waals surface area (Å²) in [6.45, 7) is 1.30. The van der Waals surface area contributed by atoms with E-state index in [-0.39, 0.29) is 29.1 Å². The van der Waals surface area contributed by atoms with Gasteiger partial charge in [-0.2, -0.15) is 0 Å². The zero-order valence-electron chi connectivity index (χ0n) is 14.9. The van der Waals surface area contributed by atoms with E-state index in [9.17, 15) is 14.7 Å². The Morgan fingerprint density at radius 3 is 2.85 bits per heavy atom. The second-order valence-electron chi connectivity index (χ2n) is 6.53. The van der Waals surface area contributed by atoms with Gasteiger partial charge in [-0.25, -0.2) is 0 Å². The fourth-order valence-electron chi connectivity index (χ4n) is 3.86. The van der Waals surface area contributed by atoms with Gasteiger partial charge in [0.25, 0.3) is 0 Å². The van der Waals surface area contributed by atoms with Crippen LogP contribution in [0.3, 0.4) is 0 Å². The Balaban J connectivity index is 2.29. The Hall–Kier alpha value is -2.66. The van der Waals surface area contributed by atoms with Crippen molar-refractivity contribution in [2.24, 2.45) is 11.8 Å². The summed E-state index contributed by atoms with van der Waals surface area (Å²) in [5, 5.41) is 19.2. The first-order valence-electron chi connectivity index (χ1n) is 8.43. The molecule has 1 aromatic rings. The van der Waals surface area contributed by atoms with E-state index < -0.39 is 5.97 Å². The second-order valence-corrected chi connectivity index (χ2v) is 7.38. The van der Waals surface area contributed by atoms with Crippen molar-refractivity contribution in [1.29, 1.82) is 5.39 Å². The highest BCUT2D eigenvalue weighted by Crippen LogP contribution is 2.53. The molecule has 1 aromatic carbocycles. The van der Waals surface area contributed by atoms with Crippen molar-refractivity contribution in [1.82, 2.24) is 0 Å². The molecule has 7 nitrogen and oxygen atoms in total. The van der Waals surface area contributed by atoms with Gasteiger partial charge in [0, 0.05) is 29.3 Å². The molecule has 2 atom stereocenters. The minimum absolute atomic E-state index is 0.0316. The van der Waals surface area contributed by atoms with Gasteiger partial charge in [0.1, 0.15) is 0 Å². The van der Waals surface area contributed by atoms with E-state index in [1.165, 1.54) is 14.0 Å². The van der Waals surface area contributed by atoms with Gasteiger partial charge in [0.05, 0.1) is 7.11 Å². The molecule has 0 radical (unpaired) electrons. The quantitative estimate of drug-likeness (QED) is 0.332. The average Bonchev–Trinajstić information content (AvgIpc) is 2.62. The fraction of sp³-hybridized carbons (Fsp3) is 0.368. The lowest BCUT2D eigenvalue weighted by Crippen LogP contribution is -2.30. The molecule has 0 saturated carbocycles. The van der Waals surface area contributed by atoms with Gasteiger partial charge < -0.3 is 14.6 Å². The van der Waals surface area contributed by atoms with Crippen molar-refractivity contribution in [3.05, 3.63) is 44.7 Å². The first kappa shape index (κ1) is 19.1. The van der Waals surface area contributed by atoms with E-state index in [0.717, 1.165) is 11.8 Å². The molecule has 0 aromatic heterocycles. The molecular formula is C19H18BrN2O5+. The molecule has 0 bridgehead atoms. The molecule has 140 valence electrons. The van der Waals surface area contributed by atoms with Gasteiger partial charge >= 0.3 is 12.2 Å². The number of ketones is 1. The fourth-order valence-corrected chi connectivity index (χ4v) is 4.43. The molecular weight excluding hydrogens is 416 g/mol. The van der Waals surface area contributed by atoms with Crippen LogP contribution < -0.4 is 9.47 Å². The van der Waals surface area contributed by atoms with Gasteiger partial charge in [-0.3, -0.25) is 9.59 Å². The predicted molar refractivity (Wildman–Crippen MR) is 101 cm³/mol. The predicted octanol–water partition coefficient (Wildman–Crippen LogP) is 4.17. The van der Waals surface area contributed by atoms with Crippen LogP contribution in [0.15, 0.2) is 28.6 Å². The van der Waals surface area contributed by atoms with Crippen LogP contribution in [0.1, 0.15) is 30.9 Å². The van der Waals surface area contributed by atoms with Crippen LogP contribution in [0.2, 0.25) is 0 Å². The van der Waals surface area contributed by atoms with Crippen molar-refractivity contribution >= 4 is 33.3 Å². The summed E-state index contributed by atoms with van der Waals surface area (Å²) in [5.74, 6) is -0.494. The summed E-state index contributed by atoms with van der Waals surface area (Å²) >= 11 is 3.51. The Kier molecular flexibility index (Phi) is 5.33. The number of hydrogen-bond donors (Lipinski definition) is 1. The maximum Gasteiger partial charge on any atom is 0.387 e. The highest BCUT2D eigenvalue weighted by atomic mass is 79.9. The zero-order chi connectivity index (χ0) is 19.7. The SMILES string of the molecule is COc1cc(Br)c2c(c1OC(C)=O)C1=CC(=O)CC[C@@H]1[C@@H](/C(O)=C/[N+]#N)C2. The molecule has 2 aliphatic carbocycles. The van der Waals surface area contributed by atoms with Crippen LogP contribution in [0, 0.1) is 17.2 Å². The van der Waals surface area contributed by atoms with Gasteiger partial charge in [-0.05, 0) is 42.0 Å². The highest BCUT2D eigenvalue weighted by Gasteiger charge is 2.41. The molecule has 2 aliphatic rings. The number of methoxy groups -OCH3 is 1. The van der Waals surface area contributed by atoms with E-state index in [1.54, 1.807) is 12.1 Å². The standard InChI is InChI=1S/C19H17BrN2O5/c1-9(23)27-19-17(26-2)7-15(20)14-6-12(16(25)8-22-21)11-4-3-10(24)5-13(11)18(14)19/h5,7-8,11-12H,3-4,6H2,1-2H3/p+1/b16-8-/t11-,12+/m1/s1. The number of aliphatic hydroxyl groups is 1. The average molecular weight is 434 g/mol. The van der Waals surface area contributed by atoms with Gasteiger partial charge in [0.15, 0.2) is 28.0 Å². The number of halogens is 1. The number of nitrogens with zero attached hydrogens (tertiary/aromatic N) is 2. The smallest absolute Gasteiger partial charge is 0.387 e. The molecule has 0 aliphatic heterocycles. The third-order valence-corrected chi connectivity index (χ3v) is 5.66. The van der Waals surface area contributed by atoms with E-state index in [4.69, 9.17) is 14.9 Å². The lowest BCUT2D eigenvalue weighted by Gasteiger charge is -2.37. The summed E-state index contributed by atoms with van der Waals surface area (Å²) < 4.78 is 11.5. The largest absolute Gasteiger partial charge is 0.505 e. The number of carbonyl (C=O) groups is 2. The summed E-state index contributed by atoms with van der Waals surface area (Å²) in [6, 6.07) is 1.69. The van der Waals surface area contributed by atoms with Crippen LogP contribution in [-0.4, -0.2) is 24.0 Å². The summed E-state index contributed by atoms with van der Waals surface area (Å²) in [4.78, 5) is 26.7. The molecule has 3 rings (SSSR count). The number of aliphatic hydroxyl groups excluding tert-OH is 1.